The minimum atomic E-state index is -0.321. The first-order valence-corrected chi connectivity index (χ1v) is 4.06. The molecule has 3 heteroatoms. The Bertz CT molecular complexity index is 166. The number of likely N-dealkylation sites (N-methyl/N-ethyl adjacent to an activating group) is 1. The number of rotatable bonds is 5. The maximum atomic E-state index is 10.9. The van der Waals surface area contributed by atoms with Crippen molar-refractivity contribution in [3.05, 3.63) is 12.2 Å². The number of carbonyl (C=O) groups is 1. The summed E-state index contributed by atoms with van der Waals surface area (Å²) in [5.74, 6) is -0.321. The lowest BCUT2D eigenvalue weighted by Gasteiger charge is -2.15. The fourth-order valence-corrected chi connectivity index (χ4v) is 0.995. The van der Waals surface area contributed by atoms with Gasteiger partial charge in [-0.25, -0.2) is 4.79 Å². The second-order valence-electron chi connectivity index (χ2n) is 2.83. The molecule has 0 aliphatic carbocycles. The van der Waals surface area contributed by atoms with Crippen molar-refractivity contribution in [2.24, 2.45) is 0 Å². The van der Waals surface area contributed by atoms with E-state index in [0.717, 1.165) is 13.0 Å². The van der Waals surface area contributed by atoms with Crippen LogP contribution in [0, 0.1) is 0 Å². The van der Waals surface area contributed by atoms with Crippen molar-refractivity contribution in [3.63, 3.8) is 0 Å². The maximum Gasteiger partial charge on any atom is 0.334 e. The van der Waals surface area contributed by atoms with Crippen LogP contribution in [0.4, 0.5) is 0 Å². The van der Waals surface area contributed by atoms with E-state index in [1.54, 1.807) is 0 Å². The first kappa shape index (κ1) is 11.2. The van der Waals surface area contributed by atoms with Gasteiger partial charge >= 0.3 is 5.97 Å². The zero-order valence-electron chi connectivity index (χ0n) is 8.09. The molecule has 12 heavy (non-hydrogen) atoms. The molecule has 3 nitrogen and oxygen atoms in total. The van der Waals surface area contributed by atoms with Crippen LogP contribution in [0.5, 0.6) is 0 Å². The van der Waals surface area contributed by atoms with Gasteiger partial charge < -0.3 is 9.64 Å². The summed E-state index contributed by atoms with van der Waals surface area (Å²) in [5, 5.41) is 0. The molecule has 0 spiro atoms. The van der Waals surface area contributed by atoms with Gasteiger partial charge in [0, 0.05) is 12.1 Å². The summed E-state index contributed by atoms with van der Waals surface area (Å²) >= 11 is 0. The van der Waals surface area contributed by atoms with Crippen LogP contribution in [0.15, 0.2) is 12.2 Å². The van der Waals surface area contributed by atoms with Crippen LogP contribution in [0.25, 0.3) is 0 Å². The van der Waals surface area contributed by atoms with E-state index >= 15 is 0 Å². The number of ether oxygens (including phenoxy) is 1. The van der Waals surface area contributed by atoms with Crippen molar-refractivity contribution in [1.82, 2.24) is 4.90 Å². The van der Waals surface area contributed by atoms with Crippen molar-refractivity contribution in [3.8, 4) is 0 Å². The molecule has 0 aliphatic heterocycles. The number of carbonyl (C=O) groups excluding carboxylic acids is 1. The Morgan fingerprint density at radius 2 is 2.17 bits per heavy atom. The molecule has 0 bridgehead atoms. The van der Waals surface area contributed by atoms with Gasteiger partial charge in [0.05, 0.1) is 7.11 Å². The molecule has 0 saturated heterocycles. The average Bonchev–Trinajstić information content (AvgIpc) is 2.03. The van der Waals surface area contributed by atoms with Crippen LogP contribution in [-0.4, -0.2) is 38.1 Å². The summed E-state index contributed by atoms with van der Waals surface area (Å²) in [5.41, 5.74) is 0.508. The minimum absolute atomic E-state index is 0.321. The molecule has 0 atom stereocenters. The van der Waals surface area contributed by atoms with Crippen molar-refractivity contribution in [2.45, 2.75) is 13.3 Å². The summed E-state index contributed by atoms with van der Waals surface area (Å²) in [7, 11) is 3.32. The molecule has 0 radical (unpaired) electrons. The lowest BCUT2D eigenvalue weighted by Crippen LogP contribution is -2.24. The molecule has 0 aromatic carbocycles. The molecule has 0 amide bonds. The van der Waals surface area contributed by atoms with E-state index in [1.165, 1.54) is 7.11 Å². The Hall–Kier alpha value is -0.830. The predicted octanol–water partition coefficient (Wildman–Crippen LogP) is 1.06. The summed E-state index contributed by atoms with van der Waals surface area (Å²) in [4.78, 5) is 12.9. The average molecular weight is 171 g/mol. The van der Waals surface area contributed by atoms with Gasteiger partial charge in [-0.3, -0.25) is 0 Å². The van der Waals surface area contributed by atoms with E-state index in [1.807, 2.05) is 11.9 Å². The SMILES string of the molecule is C=C(CN(C)CCC)C(=O)OC. The molecule has 0 rings (SSSR count). The van der Waals surface area contributed by atoms with E-state index in [0.29, 0.717) is 12.1 Å². The van der Waals surface area contributed by atoms with Crippen LogP contribution >= 0.6 is 0 Å². The fraction of sp³-hybridized carbons (Fsp3) is 0.667. The quantitative estimate of drug-likeness (QED) is 0.457. The maximum absolute atomic E-state index is 10.9. The number of nitrogens with zero attached hydrogens (tertiary/aromatic N) is 1. The predicted molar refractivity (Wildman–Crippen MR) is 48.9 cm³/mol. The lowest BCUT2D eigenvalue weighted by atomic mass is 10.3. The van der Waals surface area contributed by atoms with Crippen molar-refractivity contribution < 1.29 is 9.53 Å². The summed E-state index contributed by atoms with van der Waals surface area (Å²) < 4.78 is 4.53. The molecular formula is C9H17NO2. The minimum Gasteiger partial charge on any atom is -0.466 e. The molecule has 0 N–H and O–H groups in total. The van der Waals surface area contributed by atoms with Gasteiger partial charge in [0.1, 0.15) is 0 Å². The summed E-state index contributed by atoms with van der Waals surface area (Å²) in [6.45, 7) is 7.28. The number of hydrogen-bond donors (Lipinski definition) is 0. The smallest absolute Gasteiger partial charge is 0.334 e. The molecule has 0 aliphatic rings. The highest BCUT2D eigenvalue weighted by Crippen LogP contribution is 1.97. The Morgan fingerprint density at radius 3 is 2.58 bits per heavy atom. The van der Waals surface area contributed by atoms with Crippen molar-refractivity contribution in [2.75, 3.05) is 27.2 Å². The highest BCUT2D eigenvalue weighted by Gasteiger charge is 2.08. The second kappa shape index (κ2) is 5.77. The number of methoxy groups -OCH3 is 1. The highest BCUT2D eigenvalue weighted by atomic mass is 16.5. The van der Waals surface area contributed by atoms with E-state index in [9.17, 15) is 4.79 Å². The van der Waals surface area contributed by atoms with Gasteiger partial charge in [0.25, 0.3) is 0 Å². The van der Waals surface area contributed by atoms with Crippen LogP contribution in [0.2, 0.25) is 0 Å². The Morgan fingerprint density at radius 1 is 1.58 bits per heavy atom. The molecule has 70 valence electrons. The third kappa shape index (κ3) is 4.13. The van der Waals surface area contributed by atoms with Crippen LogP contribution < -0.4 is 0 Å². The Kier molecular flexibility index (Phi) is 5.37. The zero-order valence-corrected chi connectivity index (χ0v) is 8.09. The van der Waals surface area contributed by atoms with Gasteiger partial charge in [0.2, 0.25) is 0 Å². The number of hydrogen-bond acceptors (Lipinski definition) is 3. The van der Waals surface area contributed by atoms with Crippen LogP contribution in [-0.2, 0) is 9.53 Å². The normalized spacial score (nSPS) is 10.0. The summed E-state index contributed by atoms with van der Waals surface area (Å²) in [6.07, 6.45) is 1.07. The zero-order chi connectivity index (χ0) is 9.56. The van der Waals surface area contributed by atoms with Gasteiger partial charge in [-0.1, -0.05) is 13.5 Å². The third-order valence-corrected chi connectivity index (χ3v) is 1.54. The van der Waals surface area contributed by atoms with E-state index < -0.39 is 0 Å². The van der Waals surface area contributed by atoms with Gasteiger partial charge in [-0.2, -0.15) is 0 Å². The molecule has 0 aromatic heterocycles. The largest absolute Gasteiger partial charge is 0.466 e. The summed E-state index contributed by atoms with van der Waals surface area (Å²) in [6, 6.07) is 0. The van der Waals surface area contributed by atoms with E-state index in [-0.39, 0.29) is 5.97 Å². The first-order chi connectivity index (χ1) is 5.61. The lowest BCUT2D eigenvalue weighted by molar-refractivity contribution is -0.136. The van der Waals surface area contributed by atoms with Crippen LogP contribution in [0.3, 0.4) is 0 Å². The second-order valence-corrected chi connectivity index (χ2v) is 2.83. The van der Waals surface area contributed by atoms with Gasteiger partial charge in [-0.05, 0) is 20.0 Å². The molecular weight excluding hydrogens is 154 g/mol. The first-order valence-electron chi connectivity index (χ1n) is 4.06. The van der Waals surface area contributed by atoms with Gasteiger partial charge in [0.15, 0.2) is 0 Å². The fourth-order valence-electron chi connectivity index (χ4n) is 0.995. The van der Waals surface area contributed by atoms with Crippen molar-refractivity contribution in [1.29, 1.82) is 0 Å². The standard InChI is InChI=1S/C9H17NO2/c1-5-6-10(3)7-8(2)9(11)12-4/h2,5-7H2,1,3-4H3. The Labute approximate surface area is 74.0 Å². The van der Waals surface area contributed by atoms with Crippen LogP contribution in [0.1, 0.15) is 13.3 Å². The third-order valence-electron chi connectivity index (χ3n) is 1.54. The molecule has 0 saturated carbocycles. The topological polar surface area (TPSA) is 29.5 Å². The van der Waals surface area contributed by atoms with E-state index in [4.69, 9.17) is 0 Å². The molecule has 0 fully saturated rings. The molecule has 0 aromatic rings. The highest BCUT2D eigenvalue weighted by molar-refractivity contribution is 5.87. The van der Waals surface area contributed by atoms with Gasteiger partial charge in [-0.15, -0.1) is 0 Å². The number of esters is 1. The monoisotopic (exact) mass is 171 g/mol. The van der Waals surface area contributed by atoms with Crippen molar-refractivity contribution >= 4 is 5.97 Å². The molecule has 0 unspecified atom stereocenters. The molecule has 0 heterocycles. The Balaban J connectivity index is 3.76. The van der Waals surface area contributed by atoms with E-state index in [2.05, 4.69) is 18.2 Å².